The van der Waals surface area contributed by atoms with Crippen LogP contribution in [0.15, 0.2) is 40.3 Å². The average Bonchev–Trinajstić information content (AvgIpc) is 3.12. The summed E-state index contributed by atoms with van der Waals surface area (Å²) in [5, 5.41) is 0.854. The van der Waals surface area contributed by atoms with Gasteiger partial charge in [0.1, 0.15) is 4.83 Å². The van der Waals surface area contributed by atoms with Crippen molar-refractivity contribution in [3.8, 4) is 0 Å². The van der Waals surface area contributed by atoms with E-state index in [4.69, 9.17) is 5.73 Å². The van der Waals surface area contributed by atoms with E-state index < -0.39 is 5.91 Å². The molecular weight excluding hydrogens is 464 g/mol. The van der Waals surface area contributed by atoms with E-state index in [-0.39, 0.29) is 28.1 Å². The number of thiophene rings is 1. The Balaban J connectivity index is 1.59. The highest BCUT2D eigenvalue weighted by Crippen LogP contribution is 2.36. The Morgan fingerprint density at radius 1 is 1.28 bits per heavy atom. The lowest BCUT2D eigenvalue weighted by Gasteiger charge is -2.18. The Morgan fingerprint density at radius 3 is 2.81 bits per heavy atom. The van der Waals surface area contributed by atoms with Gasteiger partial charge in [0.2, 0.25) is 11.8 Å². The zero-order valence-corrected chi connectivity index (χ0v) is 20.1. The summed E-state index contributed by atoms with van der Waals surface area (Å²) in [7, 11) is 0. The van der Waals surface area contributed by atoms with Crippen LogP contribution in [0.1, 0.15) is 29.3 Å². The number of nitrogens with zero attached hydrogens (tertiary/aromatic N) is 2. The molecule has 7 nitrogen and oxygen atoms in total. The first-order valence-electron chi connectivity index (χ1n) is 10.3. The standard InChI is InChI=1S/C22H24N4O3S3/c1-13-7-8-15-16(9-13)32-20-19(15)21(29)26(22(24-20)31-11-17(23)27)25-18(28)12-30-10-14-5-3-2-4-6-14/h2-6,13H,7-12H2,1H3,(H2,23,27)(H,25,28)/t13-/m0/s1. The number of rotatable bonds is 8. The molecule has 1 atom stereocenters. The van der Waals surface area contributed by atoms with Crippen molar-refractivity contribution in [3.05, 3.63) is 56.7 Å². The number of thioether (sulfide) groups is 2. The quantitative estimate of drug-likeness (QED) is 0.373. The van der Waals surface area contributed by atoms with Crippen LogP contribution in [0, 0.1) is 5.92 Å². The third-order valence-electron chi connectivity index (χ3n) is 5.22. The van der Waals surface area contributed by atoms with Gasteiger partial charge in [-0.3, -0.25) is 19.8 Å². The molecule has 2 heterocycles. The summed E-state index contributed by atoms with van der Waals surface area (Å²) in [5.74, 6) is 0.618. The Labute approximate surface area is 198 Å². The molecule has 10 heteroatoms. The maximum atomic E-state index is 13.4. The molecule has 1 aromatic carbocycles. The first-order valence-corrected chi connectivity index (χ1v) is 13.3. The highest BCUT2D eigenvalue weighted by molar-refractivity contribution is 7.99. The van der Waals surface area contributed by atoms with Gasteiger partial charge in [-0.25, -0.2) is 4.98 Å². The number of benzene rings is 1. The number of primary amides is 1. The van der Waals surface area contributed by atoms with Crippen LogP contribution in [0.5, 0.6) is 0 Å². The molecule has 0 aliphatic heterocycles. The van der Waals surface area contributed by atoms with Gasteiger partial charge in [0, 0.05) is 10.6 Å². The molecule has 3 N–H and O–H groups in total. The SMILES string of the molecule is C[C@H]1CCc2c(sc3nc(SCC(N)=O)n(NC(=O)CSCc4ccccc4)c(=O)c23)C1. The van der Waals surface area contributed by atoms with Crippen molar-refractivity contribution in [1.82, 2.24) is 9.66 Å². The fourth-order valence-electron chi connectivity index (χ4n) is 3.70. The van der Waals surface area contributed by atoms with Crippen molar-refractivity contribution >= 4 is 56.9 Å². The number of nitrogens with one attached hydrogen (secondary N) is 1. The monoisotopic (exact) mass is 488 g/mol. The van der Waals surface area contributed by atoms with Crippen LogP contribution >= 0.6 is 34.9 Å². The molecule has 0 bridgehead atoms. The van der Waals surface area contributed by atoms with Crippen molar-refractivity contribution in [2.75, 3.05) is 16.9 Å². The molecule has 0 unspecified atom stereocenters. The zero-order chi connectivity index (χ0) is 22.7. The molecule has 4 rings (SSSR count). The van der Waals surface area contributed by atoms with Gasteiger partial charge in [-0.15, -0.1) is 23.1 Å². The minimum atomic E-state index is -0.514. The van der Waals surface area contributed by atoms with Crippen molar-refractivity contribution in [1.29, 1.82) is 0 Å². The maximum Gasteiger partial charge on any atom is 0.282 e. The van der Waals surface area contributed by atoms with Gasteiger partial charge >= 0.3 is 0 Å². The topological polar surface area (TPSA) is 107 Å². The van der Waals surface area contributed by atoms with Crippen molar-refractivity contribution < 1.29 is 9.59 Å². The molecule has 2 amide bonds. The van der Waals surface area contributed by atoms with E-state index in [0.717, 1.165) is 42.2 Å². The van der Waals surface area contributed by atoms with Gasteiger partial charge in [-0.2, -0.15) is 4.68 Å². The molecule has 0 fully saturated rings. The van der Waals surface area contributed by atoms with Gasteiger partial charge in [0.25, 0.3) is 5.56 Å². The molecule has 0 saturated heterocycles. The number of amides is 2. The fourth-order valence-corrected chi connectivity index (χ4v) is 6.59. The minimum Gasteiger partial charge on any atom is -0.369 e. The number of fused-ring (bicyclic) bond motifs is 3. The second kappa shape index (κ2) is 10.1. The molecule has 0 spiro atoms. The second-order valence-electron chi connectivity index (χ2n) is 7.84. The lowest BCUT2D eigenvalue weighted by molar-refractivity contribution is -0.116. The predicted molar refractivity (Wildman–Crippen MR) is 132 cm³/mol. The van der Waals surface area contributed by atoms with Gasteiger partial charge < -0.3 is 5.73 Å². The number of carbonyl (C=O) groups is 2. The first-order chi connectivity index (χ1) is 15.4. The highest BCUT2D eigenvalue weighted by atomic mass is 32.2. The van der Waals surface area contributed by atoms with Gasteiger partial charge in [-0.1, -0.05) is 49.0 Å². The number of nitrogens with two attached hydrogens (primary N) is 1. The van der Waals surface area contributed by atoms with Gasteiger partial charge in [0.05, 0.1) is 16.9 Å². The summed E-state index contributed by atoms with van der Waals surface area (Å²) in [5.41, 5.74) is 9.88. The summed E-state index contributed by atoms with van der Waals surface area (Å²) in [6.07, 6.45) is 2.79. The lowest BCUT2D eigenvalue weighted by Crippen LogP contribution is -2.36. The van der Waals surface area contributed by atoms with Crippen molar-refractivity contribution in [3.63, 3.8) is 0 Å². The van der Waals surface area contributed by atoms with E-state index in [2.05, 4.69) is 17.3 Å². The number of carbonyl (C=O) groups excluding carboxylic acids is 2. The summed E-state index contributed by atoms with van der Waals surface area (Å²) < 4.78 is 1.19. The van der Waals surface area contributed by atoms with Crippen molar-refractivity contribution in [2.45, 2.75) is 37.1 Å². The molecular formula is C22H24N4O3S3. The van der Waals surface area contributed by atoms with E-state index >= 15 is 0 Å². The summed E-state index contributed by atoms with van der Waals surface area (Å²) >= 11 is 4.06. The first kappa shape index (κ1) is 22.9. The summed E-state index contributed by atoms with van der Waals surface area (Å²) in [6, 6.07) is 9.88. The second-order valence-corrected chi connectivity index (χ2v) is 10.8. The van der Waals surface area contributed by atoms with E-state index in [1.54, 1.807) is 0 Å². The Kier molecular flexibility index (Phi) is 7.22. The van der Waals surface area contributed by atoms with E-state index in [1.807, 2.05) is 30.3 Å². The summed E-state index contributed by atoms with van der Waals surface area (Å²) in [6.45, 7) is 2.21. The average molecular weight is 489 g/mol. The van der Waals surface area contributed by atoms with Crippen LogP contribution in [-0.4, -0.2) is 33.0 Å². The van der Waals surface area contributed by atoms with Crippen LogP contribution in [0.3, 0.4) is 0 Å². The third-order valence-corrected chi connectivity index (χ3v) is 8.34. The number of hydrogen-bond acceptors (Lipinski definition) is 7. The van der Waals surface area contributed by atoms with E-state index in [9.17, 15) is 14.4 Å². The van der Waals surface area contributed by atoms with Gasteiger partial charge in [-0.05, 0) is 36.3 Å². The third kappa shape index (κ3) is 5.19. The molecule has 168 valence electrons. The number of aryl methyl sites for hydroxylation is 1. The largest absolute Gasteiger partial charge is 0.369 e. The van der Waals surface area contributed by atoms with Gasteiger partial charge in [0.15, 0.2) is 5.16 Å². The molecule has 2 aromatic heterocycles. The molecule has 0 radical (unpaired) electrons. The Morgan fingerprint density at radius 2 is 2.06 bits per heavy atom. The van der Waals surface area contributed by atoms with E-state index in [0.29, 0.717) is 21.9 Å². The number of aromatic nitrogens is 2. The molecule has 1 aliphatic rings. The molecule has 0 saturated carbocycles. The number of hydrogen-bond donors (Lipinski definition) is 2. The van der Waals surface area contributed by atoms with Crippen LogP contribution in [0.4, 0.5) is 0 Å². The fraction of sp³-hybridized carbons (Fsp3) is 0.364. The predicted octanol–water partition coefficient (Wildman–Crippen LogP) is 3.16. The lowest BCUT2D eigenvalue weighted by atomic mass is 9.89. The maximum absolute atomic E-state index is 13.4. The molecule has 1 aliphatic carbocycles. The smallest absolute Gasteiger partial charge is 0.282 e. The Hall–Kier alpha value is -2.30. The zero-order valence-electron chi connectivity index (χ0n) is 17.6. The van der Waals surface area contributed by atoms with Crippen LogP contribution < -0.4 is 16.7 Å². The highest BCUT2D eigenvalue weighted by Gasteiger charge is 2.25. The molecule has 3 aromatic rings. The van der Waals surface area contributed by atoms with Crippen LogP contribution in [0.25, 0.3) is 10.2 Å². The minimum absolute atomic E-state index is 0.0291. The van der Waals surface area contributed by atoms with Crippen LogP contribution in [-0.2, 0) is 28.2 Å². The Bertz CT molecular complexity index is 1210. The summed E-state index contributed by atoms with van der Waals surface area (Å²) in [4.78, 5) is 43.9. The van der Waals surface area contributed by atoms with Crippen LogP contribution in [0.2, 0.25) is 0 Å². The molecule has 32 heavy (non-hydrogen) atoms. The van der Waals surface area contributed by atoms with Crippen molar-refractivity contribution in [2.24, 2.45) is 11.7 Å². The normalized spacial score (nSPS) is 15.5. The van der Waals surface area contributed by atoms with E-state index in [1.165, 1.54) is 32.7 Å².